The third-order valence-electron chi connectivity index (χ3n) is 5.78. The fraction of sp³-hybridized carbons (Fsp3) is 0.0714. The van der Waals surface area contributed by atoms with Gasteiger partial charge in [-0.05, 0) is 72.8 Å². The molecular formula is C28H26N6O2. The topological polar surface area (TPSA) is 101 Å². The van der Waals surface area contributed by atoms with Gasteiger partial charge in [0, 0.05) is 60.0 Å². The standard InChI is InChI=1S/C28H26N6O2/c1-34(2)23-11-8-18(9-12-23)31-28(36)32-21-6-3-5-20(15-21)30-22-10-13-24-25(16-19-7-4-14-29-19)27(35)33-26(24)17-22/h3-17,29-30H,1-2H3,(H,33,35)(H2,31,32,36)/b25-16+. The Labute approximate surface area is 209 Å². The van der Waals surface area contributed by atoms with E-state index in [0.717, 1.165) is 34.0 Å². The molecule has 36 heavy (non-hydrogen) atoms. The molecule has 0 spiro atoms. The second kappa shape index (κ2) is 9.71. The molecule has 0 aliphatic carbocycles. The van der Waals surface area contributed by atoms with Crippen molar-refractivity contribution in [1.29, 1.82) is 0 Å². The number of hydrogen-bond acceptors (Lipinski definition) is 4. The minimum absolute atomic E-state index is 0.134. The molecule has 5 rings (SSSR count). The zero-order valence-electron chi connectivity index (χ0n) is 19.9. The average molecular weight is 479 g/mol. The maximum absolute atomic E-state index is 12.5. The fourth-order valence-corrected chi connectivity index (χ4v) is 3.98. The van der Waals surface area contributed by atoms with Gasteiger partial charge in [0.1, 0.15) is 0 Å². The maximum Gasteiger partial charge on any atom is 0.323 e. The second-order valence-corrected chi connectivity index (χ2v) is 8.62. The van der Waals surface area contributed by atoms with Crippen molar-refractivity contribution in [3.63, 3.8) is 0 Å². The summed E-state index contributed by atoms with van der Waals surface area (Å²) in [5.74, 6) is -0.134. The van der Waals surface area contributed by atoms with E-state index in [4.69, 9.17) is 0 Å². The normalized spacial score (nSPS) is 13.2. The van der Waals surface area contributed by atoms with E-state index >= 15 is 0 Å². The number of aromatic nitrogens is 1. The van der Waals surface area contributed by atoms with Gasteiger partial charge in [-0.2, -0.15) is 0 Å². The Morgan fingerprint density at radius 2 is 1.56 bits per heavy atom. The van der Waals surface area contributed by atoms with Crippen molar-refractivity contribution in [2.24, 2.45) is 0 Å². The lowest BCUT2D eigenvalue weighted by molar-refractivity contribution is -0.110. The van der Waals surface area contributed by atoms with Gasteiger partial charge in [-0.25, -0.2) is 4.79 Å². The van der Waals surface area contributed by atoms with Gasteiger partial charge in [0.05, 0.1) is 11.3 Å². The molecule has 1 aliphatic heterocycles. The van der Waals surface area contributed by atoms with Gasteiger partial charge in [0.2, 0.25) is 0 Å². The van der Waals surface area contributed by atoms with Gasteiger partial charge in [-0.15, -0.1) is 0 Å². The first-order valence-corrected chi connectivity index (χ1v) is 11.5. The Morgan fingerprint density at radius 1 is 0.833 bits per heavy atom. The summed E-state index contributed by atoms with van der Waals surface area (Å²) in [4.78, 5) is 30.1. The number of anilines is 6. The van der Waals surface area contributed by atoms with Crippen LogP contribution in [0.1, 0.15) is 11.3 Å². The first-order valence-electron chi connectivity index (χ1n) is 11.5. The molecule has 5 N–H and O–H groups in total. The molecule has 3 amide bonds. The second-order valence-electron chi connectivity index (χ2n) is 8.62. The Morgan fingerprint density at radius 3 is 2.31 bits per heavy atom. The minimum Gasteiger partial charge on any atom is -0.378 e. The molecular weight excluding hydrogens is 452 g/mol. The summed E-state index contributed by atoms with van der Waals surface area (Å²) in [6, 6.07) is 24.2. The van der Waals surface area contributed by atoms with Gasteiger partial charge < -0.3 is 31.2 Å². The van der Waals surface area contributed by atoms with Crippen LogP contribution in [0.2, 0.25) is 0 Å². The molecule has 8 nitrogen and oxygen atoms in total. The van der Waals surface area contributed by atoms with E-state index in [1.165, 1.54) is 0 Å². The summed E-state index contributed by atoms with van der Waals surface area (Å²) in [6.45, 7) is 0. The van der Waals surface area contributed by atoms with Crippen molar-refractivity contribution in [3.05, 3.63) is 96.3 Å². The van der Waals surface area contributed by atoms with E-state index in [-0.39, 0.29) is 11.9 Å². The van der Waals surface area contributed by atoms with E-state index in [0.29, 0.717) is 16.9 Å². The van der Waals surface area contributed by atoms with Crippen LogP contribution in [0.5, 0.6) is 0 Å². The van der Waals surface area contributed by atoms with E-state index in [2.05, 4.69) is 26.3 Å². The van der Waals surface area contributed by atoms with E-state index in [1.807, 2.05) is 110 Å². The van der Waals surface area contributed by atoms with Crippen LogP contribution >= 0.6 is 0 Å². The number of fused-ring (bicyclic) bond motifs is 1. The van der Waals surface area contributed by atoms with Gasteiger partial charge in [-0.1, -0.05) is 12.1 Å². The van der Waals surface area contributed by atoms with E-state index in [1.54, 1.807) is 0 Å². The van der Waals surface area contributed by atoms with Crippen molar-refractivity contribution in [1.82, 2.24) is 4.98 Å². The van der Waals surface area contributed by atoms with Gasteiger partial charge in [-0.3, -0.25) is 4.79 Å². The smallest absolute Gasteiger partial charge is 0.323 e. The maximum atomic E-state index is 12.5. The molecule has 8 heteroatoms. The first kappa shape index (κ1) is 22.8. The van der Waals surface area contributed by atoms with Gasteiger partial charge >= 0.3 is 6.03 Å². The van der Waals surface area contributed by atoms with Crippen molar-refractivity contribution < 1.29 is 9.59 Å². The summed E-state index contributed by atoms with van der Waals surface area (Å²) in [5, 5.41) is 12.0. The molecule has 2 heterocycles. The predicted octanol–water partition coefficient (Wildman–Crippen LogP) is 5.96. The zero-order chi connectivity index (χ0) is 25.1. The minimum atomic E-state index is -0.327. The number of nitrogens with zero attached hydrogens (tertiary/aromatic N) is 1. The van der Waals surface area contributed by atoms with Crippen LogP contribution in [-0.4, -0.2) is 31.0 Å². The van der Waals surface area contributed by atoms with Crippen molar-refractivity contribution >= 4 is 57.7 Å². The highest BCUT2D eigenvalue weighted by Crippen LogP contribution is 2.35. The molecule has 0 saturated carbocycles. The molecule has 0 radical (unpaired) electrons. The molecule has 3 aromatic carbocycles. The van der Waals surface area contributed by atoms with Crippen LogP contribution in [0.25, 0.3) is 11.6 Å². The number of amides is 3. The molecule has 1 aromatic heterocycles. The lowest BCUT2D eigenvalue weighted by Gasteiger charge is -2.14. The Balaban J connectivity index is 1.25. The van der Waals surface area contributed by atoms with Crippen molar-refractivity contribution in [2.75, 3.05) is 40.3 Å². The molecule has 4 aromatic rings. The highest BCUT2D eigenvalue weighted by Gasteiger charge is 2.24. The number of carbonyl (C=O) groups excluding carboxylic acids is 2. The summed E-state index contributed by atoms with van der Waals surface area (Å²) >= 11 is 0. The fourth-order valence-electron chi connectivity index (χ4n) is 3.98. The van der Waals surface area contributed by atoms with Crippen LogP contribution < -0.4 is 26.2 Å². The van der Waals surface area contributed by atoms with Gasteiger partial charge in [0.15, 0.2) is 0 Å². The number of nitrogens with one attached hydrogen (secondary N) is 5. The molecule has 180 valence electrons. The number of H-pyrrole nitrogens is 1. The van der Waals surface area contributed by atoms with Crippen LogP contribution in [0.3, 0.4) is 0 Å². The number of aromatic amines is 1. The zero-order valence-corrected chi connectivity index (χ0v) is 19.9. The van der Waals surface area contributed by atoms with E-state index in [9.17, 15) is 9.59 Å². The molecule has 1 aliphatic rings. The van der Waals surface area contributed by atoms with Crippen molar-refractivity contribution in [3.8, 4) is 0 Å². The molecule has 0 fully saturated rings. The molecule has 0 bridgehead atoms. The Kier molecular flexibility index (Phi) is 6.15. The monoisotopic (exact) mass is 478 g/mol. The SMILES string of the molecule is CN(C)c1ccc(NC(=O)Nc2cccc(Nc3ccc4c(c3)NC(=O)/C4=C/c3ccc[nH]3)c2)cc1. The quantitative estimate of drug-likeness (QED) is 0.221. The predicted molar refractivity (Wildman–Crippen MR) is 147 cm³/mol. The first-order chi connectivity index (χ1) is 17.4. The average Bonchev–Trinajstić information content (AvgIpc) is 3.47. The van der Waals surface area contributed by atoms with Crippen LogP contribution in [0.4, 0.5) is 38.9 Å². The highest BCUT2D eigenvalue weighted by atomic mass is 16.2. The van der Waals surface area contributed by atoms with Crippen LogP contribution in [-0.2, 0) is 4.79 Å². The number of benzene rings is 3. The highest BCUT2D eigenvalue weighted by molar-refractivity contribution is 6.35. The Hall–Kier alpha value is -4.98. The lowest BCUT2D eigenvalue weighted by atomic mass is 10.1. The lowest BCUT2D eigenvalue weighted by Crippen LogP contribution is -2.19. The van der Waals surface area contributed by atoms with Crippen LogP contribution in [0.15, 0.2) is 85.1 Å². The number of hydrogen-bond donors (Lipinski definition) is 5. The van der Waals surface area contributed by atoms with Crippen LogP contribution in [0, 0.1) is 0 Å². The third-order valence-corrected chi connectivity index (χ3v) is 5.78. The number of rotatable bonds is 6. The third kappa shape index (κ3) is 5.07. The largest absolute Gasteiger partial charge is 0.378 e. The summed E-state index contributed by atoms with van der Waals surface area (Å²) in [5.41, 5.74) is 7.11. The molecule has 0 atom stereocenters. The summed E-state index contributed by atoms with van der Waals surface area (Å²) in [7, 11) is 3.93. The molecule has 0 saturated heterocycles. The van der Waals surface area contributed by atoms with Gasteiger partial charge in [0.25, 0.3) is 5.91 Å². The summed E-state index contributed by atoms with van der Waals surface area (Å²) < 4.78 is 0. The Bertz CT molecular complexity index is 1440. The number of carbonyl (C=O) groups is 2. The van der Waals surface area contributed by atoms with E-state index < -0.39 is 0 Å². The van der Waals surface area contributed by atoms with Crippen molar-refractivity contribution in [2.45, 2.75) is 0 Å². The summed E-state index contributed by atoms with van der Waals surface area (Å²) in [6.07, 6.45) is 3.66. The number of urea groups is 1. The molecule has 0 unspecified atom stereocenters.